The van der Waals surface area contributed by atoms with E-state index in [1.807, 2.05) is 0 Å². The van der Waals surface area contributed by atoms with Crippen LogP contribution < -0.4 is 16.4 Å². The molecule has 1 saturated heterocycles. The van der Waals surface area contributed by atoms with Gasteiger partial charge in [0.25, 0.3) is 5.91 Å². The van der Waals surface area contributed by atoms with Crippen LogP contribution in [-0.2, 0) is 4.79 Å². The summed E-state index contributed by atoms with van der Waals surface area (Å²) in [6, 6.07) is 0. The molecule has 0 saturated carbocycles. The molecule has 0 bridgehead atoms. The number of nitrogens with two attached hydrogens (primary N) is 1. The van der Waals surface area contributed by atoms with E-state index in [2.05, 4.69) is 17.6 Å². The number of nitrogens with one attached hydrogen (secondary N) is 2. The molecule has 4 N–H and O–H groups in total. The van der Waals surface area contributed by atoms with Gasteiger partial charge in [0, 0.05) is 0 Å². The van der Waals surface area contributed by atoms with Gasteiger partial charge >= 0.3 is 0 Å². The fraction of sp³-hybridized carbons (Fsp3) is 0.750. The van der Waals surface area contributed by atoms with Gasteiger partial charge in [-0.15, -0.1) is 0 Å². The highest BCUT2D eigenvalue weighted by molar-refractivity contribution is 7.80. The second-order valence-corrected chi connectivity index (χ2v) is 3.74. The first-order chi connectivity index (χ1) is 6.08. The number of hydrogen-bond acceptors (Lipinski definition) is 3. The van der Waals surface area contributed by atoms with Gasteiger partial charge in [0.05, 0.1) is 0 Å². The lowest BCUT2D eigenvalue weighted by Gasteiger charge is -2.20. The lowest BCUT2D eigenvalue weighted by atomic mass is 10.0. The van der Waals surface area contributed by atoms with Crippen LogP contribution in [0.5, 0.6) is 0 Å². The van der Waals surface area contributed by atoms with Crippen LogP contribution in [0.25, 0.3) is 0 Å². The van der Waals surface area contributed by atoms with E-state index >= 15 is 0 Å². The van der Waals surface area contributed by atoms with E-state index < -0.39 is 5.66 Å². The van der Waals surface area contributed by atoms with Crippen molar-refractivity contribution in [1.82, 2.24) is 10.6 Å². The van der Waals surface area contributed by atoms with Crippen LogP contribution in [0.3, 0.4) is 0 Å². The number of amides is 1. The van der Waals surface area contributed by atoms with Crippen molar-refractivity contribution in [2.45, 2.75) is 38.3 Å². The zero-order chi connectivity index (χ0) is 9.90. The van der Waals surface area contributed by atoms with Crippen molar-refractivity contribution in [2.24, 2.45) is 5.73 Å². The van der Waals surface area contributed by atoms with Crippen LogP contribution in [0, 0.1) is 0 Å². The average molecular weight is 201 g/mol. The van der Waals surface area contributed by atoms with Gasteiger partial charge < -0.3 is 11.1 Å². The van der Waals surface area contributed by atoms with Gasteiger partial charge in [-0.2, -0.15) is 0 Å². The summed E-state index contributed by atoms with van der Waals surface area (Å²) in [5.74, 6) is -0.214. The summed E-state index contributed by atoms with van der Waals surface area (Å²) in [5, 5.41) is 5.62. The maximum Gasteiger partial charge on any atom is 0.266 e. The van der Waals surface area contributed by atoms with E-state index in [0.29, 0.717) is 11.5 Å². The highest BCUT2D eigenvalue weighted by Gasteiger charge is 2.39. The van der Waals surface area contributed by atoms with Gasteiger partial charge in [-0.1, -0.05) is 19.8 Å². The van der Waals surface area contributed by atoms with Gasteiger partial charge in [0.1, 0.15) is 0 Å². The Morgan fingerprint density at radius 1 is 1.54 bits per heavy atom. The SMILES string of the molecule is CCCCCC1(N)NC(=S)NC1=O. The predicted octanol–water partition coefficient (Wildman–Crippen LogP) is 0.226. The third-order valence-corrected chi connectivity index (χ3v) is 2.35. The Labute approximate surface area is 83.2 Å². The van der Waals surface area contributed by atoms with Crippen LogP contribution in [0.1, 0.15) is 32.6 Å². The van der Waals surface area contributed by atoms with Crippen LogP contribution in [-0.4, -0.2) is 16.7 Å². The molecular formula is C8H15N3OS. The van der Waals surface area contributed by atoms with Gasteiger partial charge in [0.2, 0.25) is 0 Å². The summed E-state index contributed by atoms with van der Waals surface area (Å²) in [6.07, 6.45) is 3.77. The van der Waals surface area contributed by atoms with Gasteiger partial charge in [-0.3, -0.25) is 10.1 Å². The van der Waals surface area contributed by atoms with Crippen molar-refractivity contribution in [2.75, 3.05) is 0 Å². The normalized spacial score (nSPS) is 27.2. The van der Waals surface area contributed by atoms with E-state index in [1.54, 1.807) is 0 Å². The van der Waals surface area contributed by atoms with Crippen LogP contribution in [0.15, 0.2) is 0 Å². The molecule has 74 valence electrons. The Morgan fingerprint density at radius 3 is 2.69 bits per heavy atom. The number of thiocarbonyl (C=S) groups is 1. The summed E-state index contributed by atoms with van der Waals surface area (Å²) in [7, 11) is 0. The summed E-state index contributed by atoms with van der Waals surface area (Å²) >= 11 is 4.80. The Bertz CT molecular complexity index is 231. The van der Waals surface area contributed by atoms with Gasteiger partial charge in [-0.05, 0) is 25.1 Å². The summed E-state index contributed by atoms with van der Waals surface area (Å²) in [6.45, 7) is 2.11. The Hall–Kier alpha value is -0.680. The first-order valence-electron chi connectivity index (χ1n) is 4.51. The van der Waals surface area contributed by atoms with E-state index in [0.717, 1.165) is 19.3 Å². The second-order valence-electron chi connectivity index (χ2n) is 3.34. The third-order valence-electron chi connectivity index (χ3n) is 2.14. The Balaban J connectivity index is 2.46. The number of hydrogen-bond donors (Lipinski definition) is 3. The molecule has 1 aliphatic rings. The lowest BCUT2D eigenvalue weighted by molar-refractivity contribution is -0.124. The van der Waals surface area contributed by atoms with Crippen molar-refractivity contribution in [3.8, 4) is 0 Å². The van der Waals surface area contributed by atoms with Crippen molar-refractivity contribution in [1.29, 1.82) is 0 Å². The first kappa shape index (κ1) is 10.4. The molecule has 1 fully saturated rings. The Kier molecular flexibility index (Phi) is 3.22. The molecule has 13 heavy (non-hydrogen) atoms. The zero-order valence-corrected chi connectivity index (χ0v) is 8.54. The highest BCUT2D eigenvalue weighted by atomic mass is 32.1. The van der Waals surface area contributed by atoms with Crippen molar-refractivity contribution in [3.05, 3.63) is 0 Å². The summed E-state index contributed by atoms with van der Waals surface area (Å²) < 4.78 is 0. The number of carbonyl (C=O) groups excluding carboxylic acids is 1. The molecule has 1 aliphatic heterocycles. The van der Waals surface area contributed by atoms with Crippen molar-refractivity contribution >= 4 is 23.2 Å². The van der Waals surface area contributed by atoms with Crippen LogP contribution in [0.4, 0.5) is 0 Å². The van der Waals surface area contributed by atoms with E-state index in [-0.39, 0.29) is 5.91 Å². The summed E-state index contributed by atoms with van der Waals surface area (Å²) in [5.41, 5.74) is 4.86. The zero-order valence-electron chi connectivity index (χ0n) is 7.72. The third kappa shape index (κ3) is 2.38. The molecule has 0 aromatic carbocycles. The smallest absolute Gasteiger partial charge is 0.266 e. The molecule has 4 nitrogen and oxygen atoms in total. The molecule has 1 rings (SSSR count). The molecule has 5 heteroatoms. The summed E-state index contributed by atoms with van der Waals surface area (Å²) in [4.78, 5) is 11.3. The predicted molar refractivity (Wildman–Crippen MR) is 54.9 cm³/mol. The van der Waals surface area contributed by atoms with Crippen molar-refractivity contribution in [3.63, 3.8) is 0 Å². The molecular weight excluding hydrogens is 186 g/mol. The maximum atomic E-state index is 11.3. The molecule has 0 aliphatic carbocycles. The standard InChI is InChI=1S/C8H15N3OS/c1-2-3-4-5-8(9)6(12)10-7(13)11-8/h2-5,9H2,1H3,(H2,10,11,12,13). The molecule has 1 heterocycles. The van der Waals surface area contributed by atoms with E-state index in [4.69, 9.17) is 18.0 Å². The lowest BCUT2D eigenvalue weighted by Crippen LogP contribution is -2.55. The van der Waals surface area contributed by atoms with Crippen LogP contribution in [0.2, 0.25) is 0 Å². The molecule has 0 radical (unpaired) electrons. The molecule has 0 aromatic rings. The molecule has 0 spiro atoms. The number of unbranched alkanes of at least 4 members (excludes halogenated alkanes) is 2. The number of rotatable bonds is 4. The largest absolute Gasteiger partial charge is 0.337 e. The minimum atomic E-state index is -0.966. The second kappa shape index (κ2) is 4.02. The van der Waals surface area contributed by atoms with Gasteiger partial charge in [0.15, 0.2) is 10.8 Å². The van der Waals surface area contributed by atoms with Crippen molar-refractivity contribution < 1.29 is 4.79 Å². The molecule has 0 aromatic heterocycles. The quantitative estimate of drug-likeness (QED) is 0.450. The monoisotopic (exact) mass is 201 g/mol. The average Bonchev–Trinajstić information content (AvgIpc) is 2.27. The fourth-order valence-electron chi connectivity index (χ4n) is 1.34. The topological polar surface area (TPSA) is 67.2 Å². The molecule has 1 unspecified atom stereocenters. The highest BCUT2D eigenvalue weighted by Crippen LogP contribution is 2.13. The first-order valence-corrected chi connectivity index (χ1v) is 4.92. The minimum absolute atomic E-state index is 0.214. The van der Waals surface area contributed by atoms with E-state index in [9.17, 15) is 4.79 Å². The molecule has 1 atom stereocenters. The maximum absolute atomic E-state index is 11.3. The minimum Gasteiger partial charge on any atom is -0.337 e. The molecule has 1 amide bonds. The number of carbonyl (C=O) groups is 1. The fourth-order valence-corrected chi connectivity index (χ4v) is 1.61. The Morgan fingerprint density at radius 2 is 2.23 bits per heavy atom. The van der Waals surface area contributed by atoms with Crippen LogP contribution >= 0.6 is 12.2 Å². The van der Waals surface area contributed by atoms with E-state index in [1.165, 1.54) is 0 Å². The van der Waals surface area contributed by atoms with Gasteiger partial charge in [-0.25, -0.2) is 0 Å².